The molecule has 2 heterocycles. The second kappa shape index (κ2) is 8.42. The molecule has 0 unspecified atom stereocenters. The number of hydrogen-bond donors (Lipinski definition) is 1. The van der Waals surface area contributed by atoms with Crippen LogP contribution in [0, 0.1) is 6.92 Å². The Hall–Kier alpha value is -1.96. The van der Waals surface area contributed by atoms with Crippen LogP contribution in [0.4, 0.5) is 10.5 Å². The van der Waals surface area contributed by atoms with E-state index in [4.69, 9.17) is 4.74 Å². The average Bonchev–Trinajstić information content (AvgIpc) is 3.07. The highest BCUT2D eigenvalue weighted by Gasteiger charge is 2.20. The van der Waals surface area contributed by atoms with Gasteiger partial charge in [-0.25, -0.2) is 9.78 Å². The number of methoxy groups -OCH3 is 1. The molecule has 1 N–H and O–H groups in total. The van der Waals surface area contributed by atoms with Crippen LogP contribution in [0.15, 0.2) is 29.6 Å². The number of aryl methyl sites for hydroxylation is 1. The number of hydrogen-bond acceptors (Lipinski definition) is 5. The fourth-order valence-corrected chi connectivity index (χ4v) is 3.47. The number of urea groups is 1. The van der Waals surface area contributed by atoms with Gasteiger partial charge in [-0.1, -0.05) is 12.1 Å². The van der Waals surface area contributed by atoms with Crippen LogP contribution >= 0.6 is 11.3 Å². The maximum absolute atomic E-state index is 12.5. The van der Waals surface area contributed by atoms with Crippen LogP contribution < -0.4 is 5.32 Å². The SMILES string of the molecule is COCCN1CCN(C(=O)Nc2cccc(-c3csc(C)n3)c2)CC1. The Kier molecular flexibility index (Phi) is 6.01. The first-order valence-corrected chi connectivity index (χ1v) is 9.33. The van der Waals surface area contributed by atoms with E-state index in [0.717, 1.165) is 61.3 Å². The van der Waals surface area contributed by atoms with E-state index in [9.17, 15) is 4.79 Å². The molecule has 1 saturated heterocycles. The third-order valence-electron chi connectivity index (χ3n) is 4.30. The van der Waals surface area contributed by atoms with Crippen molar-refractivity contribution in [2.24, 2.45) is 0 Å². The normalized spacial score (nSPS) is 15.4. The van der Waals surface area contributed by atoms with Gasteiger partial charge in [0.25, 0.3) is 0 Å². The summed E-state index contributed by atoms with van der Waals surface area (Å²) in [6.45, 7) is 6.88. The topological polar surface area (TPSA) is 57.7 Å². The van der Waals surface area contributed by atoms with E-state index < -0.39 is 0 Å². The van der Waals surface area contributed by atoms with E-state index in [1.165, 1.54) is 0 Å². The monoisotopic (exact) mass is 360 g/mol. The lowest BCUT2D eigenvalue weighted by Gasteiger charge is -2.34. The number of carbonyl (C=O) groups is 1. The molecular formula is C18H24N4O2S. The number of anilines is 1. The van der Waals surface area contributed by atoms with Gasteiger partial charge in [0, 0.05) is 56.5 Å². The van der Waals surface area contributed by atoms with E-state index in [1.54, 1.807) is 18.4 Å². The number of piperazine rings is 1. The minimum atomic E-state index is -0.0435. The molecule has 1 fully saturated rings. The Morgan fingerprint density at radius 2 is 2.12 bits per heavy atom. The first kappa shape index (κ1) is 17.8. The molecule has 25 heavy (non-hydrogen) atoms. The third-order valence-corrected chi connectivity index (χ3v) is 5.07. The van der Waals surface area contributed by atoms with E-state index in [2.05, 4.69) is 15.2 Å². The van der Waals surface area contributed by atoms with Gasteiger partial charge in [0.05, 0.1) is 17.3 Å². The molecule has 7 heteroatoms. The average molecular weight is 360 g/mol. The summed E-state index contributed by atoms with van der Waals surface area (Å²) >= 11 is 1.63. The van der Waals surface area contributed by atoms with E-state index >= 15 is 0 Å². The summed E-state index contributed by atoms with van der Waals surface area (Å²) in [5.74, 6) is 0. The standard InChI is InChI=1S/C18H24N4O2S/c1-14-19-17(13-25-14)15-4-3-5-16(12-15)20-18(23)22-8-6-21(7-9-22)10-11-24-2/h3-5,12-13H,6-11H2,1-2H3,(H,20,23). The van der Waals surface area contributed by atoms with E-state index in [-0.39, 0.29) is 6.03 Å². The van der Waals surface area contributed by atoms with Crippen molar-refractivity contribution in [1.29, 1.82) is 0 Å². The summed E-state index contributed by atoms with van der Waals surface area (Å²) in [6.07, 6.45) is 0. The Morgan fingerprint density at radius 1 is 1.32 bits per heavy atom. The molecule has 0 spiro atoms. The minimum absolute atomic E-state index is 0.0435. The highest BCUT2D eigenvalue weighted by Crippen LogP contribution is 2.24. The molecule has 1 aromatic heterocycles. The molecule has 2 aromatic rings. The van der Waals surface area contributed by atoms with Gasteiger partial charge in [-0.3, -0.25) is 4.90 Å². The lowest BCUT2D eigenvalue weighted by molar-refractivity contribution is 0.109. The van der Waals surface area contributed by atoms with Crippen LogP contribution in [0.3, 0.4) is 0 Å². The number of nitrogens with zero attached hydrogens (tertiary/aromatic N) is 3. The van der Waals surface area contributed by atoms with Crippen molar-refractivity contribution in [3.63, 3.8) is 0 Å². The Morgan fingerprint density at radius 3 is 2.80 bits per heavy atom. The molecular weight excluding hydrogens is 336 g/mol. The Bertz CT molecular complexity index is 711. The number of ether oxygens (including phenoxy) is 1. The van der Waals surface area contributed by atoms with Gasteiger partial charge in [0.2, 0.25) is 0 Å². The van der Waals surface area contributed by atoms with Crippen molar-refractivity contribution < 1.29 is 9.53 Å². The highest BCUT2D eigenvalue weighted by molar-refractivity contribution is 7.09. The fraction of sp³-hybridized carbons (Fsp3) is 0.444. The zero-order valence-electron chi connectivity index (χ0n) is 14.7. The van der Waals surface area contributed by atoms with Crippen molar-refractivity contribution in [1.82, 2.24) is 14.8 Å². The first-order chi connectivity index (χ1) is 12.2. The number of rotatable bonds is 5. The molecule has 0 aliphatic carbocycles. The van der Waals surface area contributed by atoms with Gasteiger partial charge in [0.15, 0.2) is 0 Å². The molecule has 0 atom stereocenters. The maximum atomic E-state index is 12.5. The zero-order chi connectivity index (χ0) is 17.6. The second-order valence-corrected chi connectivity index (χ2v) is 7.15. The van der Waals surface area contributed by atoms with Gasteiger partial charge in [-0.05, 0) is 19.1 Å². The van der Waals surface area contributed by atoms with Gasteiger partial charge >= 0.3 is 6.03 Å². The van der Waals surface area contributed by atoms with Crippen LogP contribution in [0.2, 0.25) is 0 Å². The zero-order valence-corrected chi connectivity index (χ0v) is 15.5. The molecule has 0 saturated carbocycles. The first-order valence-electron chi connectivity index (χ1n) is 8.45. The second-order valence-electron chi connectivity index (χ2n) is 6.08. The molecule has 0 radical (unpaired) electrons. The molecule has 1 aliphatic rings. The quantitative estimate of drug-likeness (QED) is 0.891. The van der Waals surface area contributed by atoms with E-state index in [0.29, 0.717) is 0 Å². The summed E-state index contributed by atoms with van der Waals surface area (Å²) in [5, 5.41) is 6.08. The van der Waals surface area contributed by atoms with Gasteiger partial charge < -0.3 is 15.0 Å². The van der Waals surface area contributed by atoms with Crippen molar-refractivity contribution in [2.45, 2.75) is 6.92 Å². The number of nitrogens with one attached hydrogen (secondary N) is 1. The van der Waals surface area contributed by atoms with Crippen molar-refractivity contribution in [3.05, 3.63) is 34.7 Å². The summed E-state index contributed by atoms with van der Waals surface area (Å²) < 4.78 is 5.11. The largest absolute Gasteiger partial charge is 0.383 e. The van der Waals surface area contributed by atoms with Crippen LogP contribution in [-0.4, -0.2) is 67.3 Å². The number of aromatic nitrogens is 1. The molecule has 0 bridgehead atoms. The Balaban J connectivity index is 1.57. The van der Waals surface area contributed by atoms with Gasteiger partial charge in [-0.2, -0.15) is 0 Å². The predicted octanol–water partition coefficient (Wildman–Crippen LogP) is 2.91. The predicted molar refractivity (Wildman–Crippen MR) is 101 cm³/mol. The van der Waals surface area contributed by atoms with Crippen LogP contribution in [0.1, 0.15) is 5.01 Å². The summed E-state index contributed by atoms with van der Waals surface area (Å²) in [7, 11) is 1.71. The number of amides is 2. The lowest BCUT2D eigenvalue weighted by atomic mass is 10.1. The lowest BCUT2D eigenvalue weighted by Crippen LogP contribution is -2.50. The van der Waals surface area contributed by atoms with E-state index in [1.807, 2.05) is 41.5 Å². The Labute approximate surface area is 152 Å². The highest BCUT2D eigenvalue weighted by atomic mass is 32.1. The molecule has 2 amide bonds. The minimum Gasteiger partial charge on any atom is -0.383 e. The van der Waals surface area contributed by atoms with Crippen molar-refractivity contribution in [3.8, 4) is 11.3 Å². The summed E-state index contributed by atoms with van der Waals surface area (Å²) in [5.41, 5.74) is 2.77. The number of thiazole rings is 1. The molecule has 6 nitrogen and oxygen atoms in total. The van der Waals surface area contributed by atoms with Crippen LogP contribution in [0.5, 0.6) is 0 Å². The summed E-state index contributed by atoms with van der Waals surface area (Å²) in [6, 6.07) is 7.80. The van der Waals surface area contributed by atoms with Gasteiger partial charge in [0.1, 0.15) is 0 Å². The van der Waals surface area contributed by atoms with Crippen molar-refractivity contribution in [2.75, 3.05) is 51.8 Å². The fourth-order valence-electron chi connectivity index (χ4n) is 2.85. The number of benzene rings is 1. The smallest absolute Gasteiger partial charge is 0.321 e. The molecule has 1 aromatic carbocycles. The third kappa shape index (κ3) is 4.78. The van der Waals surface area contributed by atoms with Crippen LogP contribution in [-0.2, 0) is 4.74 Å². The maximum Gasteiger partial charge on any atom is 0.321 e. The van der Waals surface area contributed by atoms with Crippen LogP contribution in [0.25, 0.3) is 11.3 Å². The molecule has 134 valence electrons. The number of carbonyl (C=O) groups excluding carboxylic acids is 1. The molecule has 1 aliphatic heterocycles. The molecule has 3 rings (SSSR count). The van der Waals surface area contributed by atoms with Crippen molar-refractivity contribution >= 4 is 23.1 Å². The summed E-state index contributed by atoms with van der Waals surface area (Å²) in [4.78, 5) is 21.2. The van der Waals surface area contributed by atoms with Gasteiger partial charge in [-0.15, -0.1) is 11.3 Å².